The minimum atomic E-state index is 0.250. The predicted octanol–water partition coefficient (Wildman–Crippen LogP) is 3.02. The maximum Gasteiger partial charge on any atom is 0.119 e. The molecule has 0 radical (unpaired) electrons. The van der Waals surface area contributed by atoms with Crippen molar-refractivity contribution < 1.29 is 4.74 Å². The van der Waals surface area contributed by atoms with E-state index >= 15 is 0 Å². The van der Waals surface area contributed by atoms with Crippen molar-refractivity contribution in [3.05, 3.63) is 29.8 Å². The highest BCUT2D eigenvalue weighted by Gasteiger charge is 2.41. The zero-order valence-corrected chi connectivity index (χ0v) is 11.1. The molecule has 0 amide bonds. The van der Waals surface area contributed by atoms with Gasteiger partial charge in [-0.15, -0.1) is 0 Å². The van der Waals surface area contributed by atoms with Gasteiger partial charge in [-0.25, -0.2) is 0 Å². The molecule has 0 aliphatic heterocycles. The van der Waals surface area contributed by atoms with Gasteiger partial charge < -0.3 is 10.1 Å². The summed E-state index contributed by atoms with van der Waals surface area (Å²) < 4.78 is 5.65. The van der Waals surface area contributed by atoms with Gasteiger partial charge in [0.1, 0.15) is 5.75 Å². The van der Waals surface area contributed by atoms with Crippen LogP contribution in [0.3, 0.4) is 0 Å². The Labute approximate surface area is 104 Å². The van der Waals surface area contributed by atoms with Crippen LogP contribution in [0.25, 0.3) is 0 Å². The number of benzene rings is 1. The van der Waals surface area contributed by atoms with E-state index in [1.165, 1.54) is 24.8 Å². The summed E-state index contributed by atoms with van der Waals surface area (Å²) in [4.78, 5) is 0. The summed E-state index contributed by atoms with van der Waals surface area (Å²) in [6.07, 6.45) is 4.16. The standard InChI is InChI=1S/C15H23NO/c1-12(2)17-14-6-4-13(5-7-14)10-15(8-9-15)11-16-3/h4-7,12,16H,8-11H2,1-3H3. The quantitative estimate of drug-likeness (QED) is 0.815. The van der Waals surface area contributed by atoms with Crippen molar-refractivity contribution in [1.82, 2.24) is 5.32 Å². The molecule has 2 nitrogen and oxygen atoms in total. The van der Waals surface area contributed by atoms with Crippen LogP contribution in [0.15, 0.2) is 24.3 Å². The lowest BCUT2D eigenvalue weighted by Crippen LogP contribution is -2.21. The second-order valence-corrected chi connectivity index (χ2v) is 5.52. The number of nitrogens with one attached hydrogen (secondary N) is 1. The fourth-order valence-corrected chi connectivity index (χ4v) is 2.36. The zero-order valence-electron chi connectivity index (χ0n) is 11.1. The molecule has 1 saturated carbocycles. The third-order valence-electron chi connectivity index (χ3n) is 3.38. The lowest BCUT2D eigenvalue weighted by molar-refractivity contribution is 0.242. The van der Waals surface area contributed by atoms with E-state index in [0.29, 0.717) is 5.41 Å². The Morgan fingerprint density at radius 1 is 1.24 bits per heavy atom. The van der Waals surface area contributed by atoms with Crippen LogP contribution in [0.5, 0.6) is 5.75 Å². The molecule has 94 valence electrons. The van der Waals surface area contributed by atoms with E-state index in [1.807, 2.05) is 7.05 Å². The van der Waals surface area contributed by atoms with E-state index < -0.39 is 0 Å². The van der Waals surface area contributed by atoms with Crippen molar-refractivity contribution in [3.8, 4) is 5.75 Å². The van der Waals surface area contributed by atoms with Crippen LogP contribution in [0.4, 0.5) is 0 Å². The second-order valence-electron chi connectivity index (χ2n) is 5.52. The number of rotatable bonds is 6. The lowest BCUT2D eigenvalue weighted by Gasteiger charge is -2.15. The van der Waals surface area contributed by atoms with Crippen molar-refractivity contribution in [2.24, 2.45) is 5.41 Å². The molecular formula is C15H23NO. The lowest BCUT2D eigenvalue weighted by atomic mass is 9.96. The van der Waals surface area contributed by atoms with E-state index in [0.717, 1.165) is 12.3 Å². The third-order valence-corrected chi connectivity index (χ3v) is 3.38. The highest BCUT2D eigenvalue weighted by molar-refractivity contribution is 5.29. The normalized spacial score (nSPS) is 17.2. The van der Waals surface area contributed by atoms with Crippen LogP contribution in [0.2, 0.25) is 0 Å². The van der Waals surface area contributed by atoms with Crippen molar-refractivity contribution >= 4 is 0 Å². The largest absolute Gasteiger partial charge is 0.491 e. The van der Waals surface area contributed by atoms with E-state index in [-0.39, 0.29) is 6.10 Å². The van der Waals surface area contributed by atoms with E-state index in [1.54, 1.807) is 0 Å². The maximum absolute atomic E-state index is 5.65. The van der Waals surface area contributed by atoms with Gasteiger partial charge in [0.25, 0.3) is 0 Å². The molecule has 17 heavy (non-hydrogen) atoms. The Hall–Kier alpha value is -1.02. The van der Waals surface area contributed by atoms with Gasteiger partial charge in [-0.2, -0.15) is 0 Å². The Bertz CT molecular complexity index is 352. The van der Waals surface area contributed by atoms with Crippen LogP contribution in [0, 0.1) is 5.41 Å². The molecule has 0 unspecified atom stereocenters. The molecule has 0 atom stereocenters. The highest BCUT2D eigenvalue weighted by Crippen LogP contribution is 2.47. The minimum absolute atomic E-state index is 0.250. The fourth-order valence-electron chi connectivity index (χ4n) is 2.36. The molecule has 0 heterocycles. The second kappa shape index (κ2) is 5.09. The third kappa shape index (κ3) is 3.47. The SMILES string of the molecule is CNCC1(Cc2ccc(OC(C)C)cc2)CC1. The number of hydrogen-bond donors (Lipinski definition) is 1. The summed E-state index contributed by atoms with van der Waals surface area (Å²) in [5.41, 5.74) is 1.96. The Kier molecular flexibility index (Phi) is 3.72. The van der Waals surface area contributed by atoms with Gasteiger partial charge in [-0.05, 0) is 63.3 Å². The summed E-state index contributed by atoms with van der Waals surface area (Å²) in [5, 5.41) is 3.30. The fraction of sp³-hybridized carbons (Fsp3) is 0.600. The average molecular weight is 233 g/mol. The van der Waals surface area contributed by atoms with Gasteiger partial charge in [-0.3, -0.25) is 0 Å². The van der Waals surface area contributed by atoms with Gasteiger partial charge in [0.2, 0.25) is 0 Å². The van der Waals surface area contributed by atoms with Crippen molar-refractivity contribution in [2.75, 3.05) is 13.6 Å². The van der Waals surface area contributed by atoms with Gasteiger partial charge in [0.15, 0.2) is 0 Å². The van der Waals surface area contributed by atoms with Crippen LogP contribution in [-0.4, -0.2) is 19.7 Å². The molecule has 1 aromatic rings. The smallest absolute Gasteiger partial charge is 0.119 e. The molecule has 0 bridgehead atoms. The molecule has 0 spiro atoms. The molecule has 1 aromatic carbocycles. The summed E-state index contributed by atoms with van der Waals surface area (Å²) in [6, 6.07) is 8.58. The van der Waals surface area contributed by atoms with E-state index in [4.69, 9.17) is 4.74 Å². The van der Waals surface area contributed by atoms with Crippen molar-refractivity contribution in [3.63, 3.8) is 0 Å². The molecule has 1 fully saturated rings. The molecule has 1 aliphatic rings. The van der Waals surface area contributed by atoms with Crippen LogP contribution in [0.1, 0.15) is 32.3 Å². The Balaban J connectivity index is 1.94. The van der Waals surface area contributed by atoms with Crippen LogP contribution >= 0.6 is 0 Å². The number of ether oxygens (including phenoxy) is 1. The molecule has 1 N–H and O–H groups in total. The van der Waals surface area contributed by atoms with Crippen molar-refractivity contribution in [1.29, 1.82) is 0 Å². The highest BCUT2D eigenvalue weighted by atomic mass is 16.5. The summed E-state index contributed by atoms with van der Waals surface area (Å²) in [6.45, 7) is 5.25. The Morgan fingerprint density at radius 2 is 1.88 bits per heavy atom. The first-order valence-corrected chi connectivity index (χ1v) is 6.54. The number of hydrogen-bond acceptors (Lipinski definition) is 2. The first kappa shape index (κ1) is 12.4. The van der Waals surface area contributed by atoms with Gasteiger partial charge in [-0.1, -0.05) is 12.1 Å². The van der Waals surface area contributed by atoms with Gasteiger partial charge in [0, 0.05) is 6.54 Å². The van der Waals surface area contributed by atoms with E-state index in [9.17, 15) is 0 Å². The first-order valence-electron chi connectivity index (χ1n) is 6.54. The predicted molar refractivity (Wildman–Crippen MR) is 71.5 cm³/mol. The zero-order chi connectivity index (χ0) is 12.3. The first-order chi connectivity index (χ1) is 8.13. The average Bonchev–Trinajstić information content (AvgIpc) is 3.01. The Morgan fingerprint density at radius 3 is 2.35 bits per heavy atom. The van der Waals surface area contributed by atoms with E-state index in [2.05, 4.69) is 43.4 Å². The molecular weight excluding hydrogens is 210 g/mol. The molecule has 1 aliphatic carbocycles. The van der Waals surface area contributed by atoms with Gasteiger partial charge in [0.05, 0.1) is 6.10 Å². The summed E-state index contributed by atoms with van der Waals surface area (Å²) in [7, 11) is 2.04. The summed E-state index contributed by atoms with van der Waals surface area (Å²) >= 11 is 0. The summed E-state index contributed by atoms with van der Waals surface area (Å²) in [5.74, 6) is 0.974. The van der Waals surface area contributed by atoms with Crippen LogP contribution in [-0.2, 0) is 6.42 Å². The molecule has 0 aromatic heterocycles. The molecule has 0 saturated heterocycles. The minimum Gasteiger partial charge on any atom is -0.491 e. The maximum atomic E-state index is 5.65. The van der Waals surface area contributed by atoms with Gasteiger partial charge >= 0.3 is 0 Å². The van der Waals surface area contributed by atoms with Crippen LogP contribution < -0.4 is 10.1 Å². The monoisotopic (exact) mass is 233 g/mol. The topological polar surface area (TPSA) is 21.3 Å². The molecule has 2 heteroatoms. The van der Waals surface area contributed by atoms with Crippen molar-refractivity contribution in [2.45, 2.75) is 39.2 Å². The molecule has 2 rings (SSSR count).